The molecule has 8 heteroatoms. The Bertz CT molecular complexity index is 241. The minimum absolute atomic E-state index is 0.800. The Labute approximate surface area is 85.6 Å². The monoisotopic (exact) mass is 277 g/mol. The lowest BCUT2D eigenvalue weighted by Gasteiger charge is -2.17. The Morgan fingerprint density at radius 3 is 2.07 bits per heavy atom. The van der Waals surface area contributed by atoms with Crippen LogP contribution < -0.4 is 5.32 Å². The molecule has 2 atom stereocenters. The number of hydrogen-bond acceptors (Lipinski definition) is 2. The second kappa shape index (κ2) is 4.63. The van der Waals surface area contributed by atoms with Gasteiger partial charge in [-0.05, 0) is 0 Å². The number of amides is 1. The summed E-state index contributed by atoms with van der Waals surface area (Å²) in [7, 11) is 0. The van der Waals surface area contributed by atoms with Crippen molar-refractivity contribution >= 4 is 27.8 Å². The maximum atomic E-state index is 11.7. The average Bonchev–Trinajstić information content (AvgIpc) is 1.96. The second-order valence-electron chi connectivity index (χ2n) is 2.46. The van der Waals surface area contributed by atoms with Crippen molar-refractivity contribution in [3.8, 4) is 0 Å². The lowest BCUT2D eigenvalue weighted by Crippen LogP contribution is -2.50. The topological polar surface area (TPSA) is 66.4 Å². The van der Waals surface area contributed by atoms with Gasteiger partial charge in [0.2, 0.25) is 0 Å². The summed E-state index contributed by atoms with van der Waals surface area (Å²) in [4.78, 5) is 20.0. The number of aliphatic carboxylic acids is 1. The summed E-state index contributed by atoms with van der Waals surface area (Å²) in [6.45, 7) is 1.31. The Balaban J connectivity index is 4.48. The van der Waals surface area contributed by atoms with Gasteiger partial charge in [-0.3, -0.25) is 4.79 Å². The molecule has 0 fully saturated rings. The molecule has 1 amide bonds. The number of carbonyl (C=O) groups excluding carboxylic acids is 1. The van der Waals surface area contributed by atoms with Crippen LogP contribution in [0.4, 0.5) is 13.2 Å². The van der Waals surface area contributed by atoms with Crippen LogP contribution in [0.5, 0.6) is 0 Å². The maximum absolute atomic E-state index is 11.7. The number of nitrogens with one attached hydrogen (secondary N) is 1. The second-order valence-corrected chi connectivity index (χ2v) is 3.91. The first kappa shape index (κ1) is 13.2. The highest BCUT2D eigenvalue weighted by Crippen LogP contribution is 2.15. The van der Waals surface area contributed by atoms with Crippen molar-refractivity contribution in [3.05, 3.63) is 0 Å². The van der Waals surface area contributed by atoms with E-state index in [9.17, 15) is 22.8 Å². The minimum Gasteiger partial charge on any atom is -0.480 e. The van der Waals surface area contributed by atoms with E-state index in [1.807, 2.05) is 0 Å². The molecular weight excluding hydrogens is 271 g/mol. The van der Waals surface area contributed by atoms with Crippen molar-refractivity contribution in [2.24, 2.45) is 0 Å². The lowest BCUT2D eigenvalue weighted by molar-refractivity contribution is -0.175. The quantitative estimate of drug-likeness (QED) is 0.754. The highest BCUT2D eigenvalue weighted by Gasteiger charge is 2.41. The number of carbonyl (C=O) groups is 2. The van der Waals surface area contributed by atoms with Crippen LogP contribution in [0.3, 0.4) is 0 Å². The molecule has 0 aromatic carbocycles. The zero-order chi connectivity index (χ0) is 11.5. The molecule has 14 heavy (non-hydrogen) atoms. The van der Waals surface area contributed by atoms with Gasteiger partial charge in [-0.15, -0.1) is 0 Å². The normalized spacial score (nSPS) is 15.8. The van der Waals surface area contributed by atoms with E-state index in [1.54, 1.807) is 0 Å². The minimum atomic E-state index is -5.07. The Morgan fingerprint density at radius 2 is 1.86 bits per heavy atom. The third-order valence-corrected chi connectivity index (χ3v) is 1.80. The summed E-state index contributed by atoms with van der Waals surface area (Å²) >= 11 is 2.77. The van der Waals surface area contributed by atoms with Gasteiger partial charge < -0.3 is 10.4 Å². The van der Waals surface area contributed by atoms with Gasteiger partial charge in [0.05, 0.1) is 0 Å². The fourth-order valence-electron chi connectivity index (χ4n) is 0.596. The van der Waals surface area contributed by atoms with Crippen LogP contribution in [0, 0.1) is 0 Å². The van der Waals surface area contributed by atoms with Crippen LogP contribution in [0.25, 0.3) is 0 Å². The fourth-order valence-corrected chi connectivity index (χ4v) is 0.954. The fraction of sp³-hybridized carbons (Fsp3) is 0.667. The molecule has 0 unspecified atom stereocenters. The van der Waals surface area contributed by atoms with Crippen molar-refractivity contribution in [1.82, 2.24) is 5.32 Å². The smallest absolute Gasteiger partial charge is 0.471 e. The summed E-state index contributed by atoms with van der Waals surface area (Å²) in [6.07, 6.45) is -5.07. The van der Waals surface area contributed by atoms with E-state index >= 15 is 0 Å². The van der Waals surface area contributed by atoms with E-state index in [2.05, 4.69) is 15.9 Å². The molecule has 0 aliphatic rings. The van der Waals surface area contributed by atoms with Crippen molar-refractivity contribution < 1.29 is 27.9 Å². The summed E-state index contributed by atoms with van der Waals surface area (Å²) in [5.41, 5.74) is 0. The van der Waals surface area contributed by atoms with Gasteiger partial charge in [0.1, 0.15) is 6.04 Å². The van der Waals surface area contributed by atoms with Crippen LogP contribution in [-0.4, -0.2) is 34.0 Å². The Hall–Kier alpha value is -0.790. The van der Waals surface area contributed by atoms with E-state index in [0.29, 0.717) is 0 Å². The summed E-state index contributed by atoms with van der Waals surface area (Å²) < 4.78 is 35.1. The molecule has 0 spiro atoms. The molecule has 0 heterocycles. The number of carboxylic acids is 1. The molecular formula is C6H7BrF3NO3. The van der Waals surface area contributed by atoms with Crippen LogP contribution in [0.15, 0.2) is 0 Å². The van der Waals surface area contributed by atoms with Crippen molar-refractivity contribution in [3.63, 3.8) is 0 Å². The molecule has 0 radical (unpaired) electrons. The molecule has 0 aliphatic carbocycles. The molecule has 4 nitrogen and oxygen atoms in total. The van der Waals surface area contributed by atoms with Gasteiger partial charge in [0.15, 0.2) is 0 Å². The van der Waals surface area contributed by atoms with Gasteiger partial charge in [-0.2, -0.15) is 13.2 Å². The third-order valence-electron chi connectivity index (χ3n) is 1.27. The maximum Gasteiger partial charge on any atom is 0.471 e. The molecule has 0 aromatic rings. The highest BCUT2D eigenvalue weighted by molar-refractivity contribution is 9.09. The van der Waals surface area contributed by atoms with E-state index in [0.717, 1.165) is 0 Å². The van der Waals surface area contributed by atoms with Gasteiger partial charge in [-0.25, -0.2) is 4.79 Å². The van der Waals surface area contributed by atoms with Crippen LogP contribution in [0.1, 0.15) is 6.92 Å². The van der Waals surface area contributed by atoms with E-state index in [-0.39, 0.29) is 0 Å². The lowest BCUT2D eigenvalue weighted by atomic mass is 10.2. The standard InChI is InChI=1S/C6H7BrF3NO3/c1-2(7)3(4(12)13)11-5(14)6(8,9)10/h2-3H,1H3,(H,11,14)(H,12,13)/t2-,3+/m1/s1. The molecule has 0 saturated carbocycles. The predicted molar refractivity (Wildman–Crippen MR) is 44.0 cm³/mol. The highest BCUT2D eigenvalue weighted by atomic mass is 79.9. The van der Waals surface area contributed by atoms with Gasteiger partial charge in [-0.1, -0.05) is 22.9 Å². The Kier molecular flexibility index (Phi) is 4.37. The van der Waals surface area contributed by atoms with Crippen LogP contribution >= 0.6 is 15.9 Å². The van der Waals surface area contributed by atoms with E-state index < -0.39 is 28.9 Å². The summed E-state index contributed by atoms with van der Waals surface area (Å²) in [5.74, 6) is -3.80. The molecule has 0 saturated heterocycles. The van der Waals surface area contributed by atoms with Crippen molar-refractivity contribution in [2.45, 2.75) is 24.0 Å². The number of carboxylic acid groups (broad SMARTS) is 1. The first-order valence-electron chi connectivity index (χ1n) is 3.41. The first-order valence-corrected chi connectivity index (χ1v) is 4.32. The molecule has 2 N–H and O–H groups in total. The van der Waals surface area contributed by atoms with Crippen molar-refractivity contribution in [1.29, 1.82) is 0 Å². The van der Waals surface area contributed by atoms with E-state index in [1.165, 1.54) is 12.2 Å². The summed E-state index contributed by atoms with van der Waals surface area (Å²) in [5, 5.41) is 9.79. The zero-order valence-electron chi connectivity index (χ0n) is 6.93. The summed E-state index contributed by atoms with van der Waals surface area (Å²) in [6, 6.07) is -1.61. The molecule has 0 aliphatic heterocycles. The zero-order valence-corrected chi connectivity index (χ0v) is 8.52. The number of alkyl halides is 4. The van der Waals surface area contributed by atoms with Crippen LogP contribution in [-0.2, 0) is 9.59 Å². The van der Waals surface area contributed by atoms with Gasteiger partial charge in [0.25, 0.3) is 0 Å². The average molecular weight is 278 g/mol. The largest absolute Gasteiger partial charge is 0.480 e. The number of rotatable bonds is 3. The number of hydrogen-bond donors (Lipinski definition) is 2. The van der Waals surface area contributed by atoms with Gasteiger partial charge in [0, 0.05) is 4.83 Å². The van der Waals surface area contributed by atoms with E-state index in [4.69, 9.17) is 5.11 Å². The molecule has 0 rings (SSSR count). The van der Waals surface area contributed by atoms with Crippen molar-refractivity contribution in [2.75, 3.05) is 0 Å². The van der Waals surface area contributed by atoms with Gasteiger partial charge >= 0.3 is 18.1 Å². The predicted octanol–water partition coefficient (Wildman–Crippen LogP) is 0.901. The first-order chi connectivity index (χ1) is 6.16. The molecule has 82 valence electrons. The SMILES string of the molecule is C[C@@H](Br)[C@H](NC(=O)C(F)(F)F)C(=O)O. The molecule has 0 aromatic heterocycles. The Morgan fingerprint density at radius 1 is 1.43 bits per heavy atom. The number of halogens is 4. The third kappa shape index (κ3) is 3.95. The van der Waals surface area contributed by atoms with Crippen LogP contribution in [0.2, 0.25) is 0 Å². The molecule has 0 bridgehead atoms.